The number of hydrogen-bond donors (Lipinski definition) is 3. The van der Waals surface area contributed by atoms with Crippen molar-refractivity contribution in [2.24, 2.45) is 0 Å². The summed E-state index contributed by atoms with van der Waals surface area (Å²) in [7, 11) is 0. The predicted octanol–water partition coefficient (Wildman–Crippen LogP) is 4.73. The van der Waals surface area contributed by atoms with Crippen LogP contribution in [0.1, 0.15) is 50.4 Å². The van der Waals surface area contributed by atoms with Crippen LogP contribution < -0.4 is 20.7 Å². The van der Waals surface area contributed by atoms with Crippen LogP contribution in [0.4, 0.5) is 11.4 Å². The monoisotopic (exact) mass is 413 g/mol. The molecule has 1 atom stereocenters. The van der Waals surface area contributed by atoms with Crippen molar-refractivity contribution in [2.45, 2.75) is 46.1 Å². The molecule has 0 fully saturated rings. The van der Waals surface area contributed by atoms with E-state index in [2.05, 4.69) is 16.0 Å². The maximum Gasteiger partial charge on any atom is 0.257 e. The van der Waals surface area contributed by atoms with E-state index in [0.717, 1.165) is 12.8 Å². The fourth-order valence-corrected chi connectivity index (χ4v) is 2.66. The average Bonchev–Trinajstić information content (AvgIpc) is 2.69. The summed E-state index contributed by atoms with van der Waals surface area (Å²) in [5.74, 6) is 0.308. The molecule has 2 amide bonds. The van der Waals surface area contributed by atoms with Crippen LogP contribution in [-0.2, 0) is 4.79 Å². The van der Waals surface area contributed by atoms with Gasteiger partial charge in [0.15, 0.2) is 5.11 Å². The van der Waals surface area contributed by atoms with E-state index in [0.29, 0.717) is 29.1 Å². The Bertz CT molecular complexity index is 853. The third kappa shape index (κ3) is 7.54. The normalized spacial score (nSPS) is 11.3. The van der Waals surface area contributed by atoms with Crippen molar-refractivity contribution in [3.63, 3.8) is 0 Å². The van der Waals surface area contributed by atoms with Crippen LogP contribution in [0.15, 0.2) is 48.5 Å². The number of nitrogens with one attached hydrogen (secondary N) is 3. The summed E-state index contributed by atoms with van der Waals surface area (Å²) in [4.78, 5) is 24.1. The molecule has 0 radical (unpaired) electrons. The number of carbonyl (C=O) groups is 2. The lowest BCUT2D eigenvalue weighted by atomic mass is 10.2. The Labute approximate surface area is 177 Å². The molecule has 0 aliphatic carbocycles. The van der Waals surface area contributed by atoms with Crippen molar-refractivity contribution in [1.82, 2.24) is 5.32 Å². The molecule has 29 heavy (non-hydrogen) atoms. The number of anilines is 2. The molecule has 0 aromatic heterocycles. The first-order valence-corrected chi connectivity index (χ1v) is 10.1. The lowest BCUT2D eigenvalue weighted by Gasteiger charge is -2.14. The van der Waals surface area contributed by atoms with Gasteiger partial charge in [-0.3, -0.25) is 14.9 Å². The zero-order valence-electron chi connectivity index (χ0n) is 17.0. The average molecular weight is 414 g/mol. The van der Waals surface area contributed by atoms with Gasteiger partial charge in [0, 0.05) is 23.4 Å². The van der Waals surface area contributed by atoms with Gasteiger partial charge in [0.25, 0.3) is 5.91 Å². The number of thiocarbonyl (C=S) groups is 1. The molecule has 0 saturated heterocycles. The molecule has 0 aliphatic heterocycles. The highest BCUT2D eigenvalue weighted by Crippen LogP contribution is 2.17. The molecule has 2 aromatic carbocycles. The highest BCUT2D eigenvalue weighted by Gasteiger charge is 2.10. The van der Waals surface area contributed by atoms with E-state index in [1.54, 1.807) is 42.5 Å². The quantitative estimate of drug-likeness (QED) is 0.545. The van der Waals surface area contributed by atoms with Gasteiger partial charge < -0.3 is 15.4 Å². The predicted molar refractivity (Wildman–Crippen MR) is 120 cm³/mol. The second-order valence-corrected chi connectivity index (χ2v) is 7.06. The number of hydrogen-bond acceptors (Lipinski definition) is 4. The fourth-order valence-electron chi connectivity index (χ4n) is 2.45. The molecule has 0 spiro atoms. The molecule has 0 heterocycles. The molecule has 0 saturated carbocycles. The van der Waals surface area contributed by atoms with E-state index in [-0.39, 0.29) is 23.0 Å². The van der Waals surface area contributed by atoms with Gasteiger partial charge >= 0.3 is 0 Å². The molecule has 7 heteroatoms. The van der Waals surface area contributed by atoms with E-state index in [1.807, 2.05) is 26.8 Å². The second kappa shape index (κ2) is 11.2. The molecule has 2 aromatic rings. The van der Waals surface area contributed by atoms with Gasteiger partial charge in [-0.05, 0) is 74.4 Å². The Morgan fingerprint density at radius 2 is 1.69 bits per heavy atom. The zero-order chi connectivity index (χ0) is 21.2. The van der Waals surface area contributed by atoms with Gasteiger partial charge in [0.2, 0.25) is 5.91 Å². The SMILES string of the molecule is CCCC(=O)Nc1ccc(NC(=S)NC(=O)c2cccc(OC(C)CC)c2)cc1. The maximum absolute atomic E-state index is 12.4. The highest BCUT2D eigenvalue weighted by atomic mass is 32.1. The first-order valence-electron chi connectivity index (χ1n) is 9.70. The molecule has 0 bridgehead atoms. The Balaban J connectivity index is 1.91. The van der Waals surface area contributed by atoms with Crippen LogP contribution in [0.5, 0.6) is 5.75 Å². The van der Waals surface area contributed by atoms with Gasteiger partial charge in [-0.1, -0.05) is 19.9 Å². The minimum absolute atomic E-state index is 0.0180. The number of rotatable bonds is 8. The molecule has 6 nitrogen and oxygen atoms in total. The van der Waals surface area contributed by atoms with Crippen molar-refractivity contribution >= 4 is 40.5 Å². The Hall–Kier alpha value is -2.93. The molecule has 2 rings (SSSR count). The summed E-state index contributed by atoms with van der Waals surface area (Å²) >= 11 is 5.23. The summed E-state index contributed by atoms with van der Waals surface area (Å²) < 4.78 is 5.75. The van der Waals surface area contributed by atoms with Gasteiger partial charge in [0.05, 0.1) is 6.10 Å². The van der Waals surface area contributed by atoms with Gasteiger partial charge in [0.1, 0.15) is 5.75 Å². The van der Waals surface area contributed by atoms with E-state index >= 15 is 0 Å². The second-order valence-electron chi connectivity index (χ2n) is 6.65. The van der Waals surface area contributed by atoms with E-state index in [9.17, 15) is 9.59 Å². The van der Waals surface area contributed by atoms with E-state index in [1.165, 1.54) is 0 Å². The number of benzene rings is 2. The van der Waals surface area contributed by atoms with Crippen LogP contribution in [0.25, 0.3) is 0 Å². The summed E-state index contributed by atoms with van der Waals surface area (Å²) in [6.07, 6.45) is 2.24. The van der Waals surface area contributed by atoms with Crippen molar-refractivity contribution < 1.29 is 14.3 Å². The van der Waals surface area contributed by atoms with Gasteiger partial charge in [-0.25, -0.2) is 0 Å². The molecule has 0 aliphatic rings. The topological polar surface area (TPSA) is 79.5 Å². The Morgan fingerprint density at radius 3 is 2.31 bits per heavy atom. The number of carbonyl (C=O) groups excluding carboxylic acids is 2. The maximum atomic E-state index is 12.4. The van der Waals surface area contributed by atoms with Crippen molar-refractivity contribution in [1.29, 1.82) is 0 Å². The minimum Gasteiger partial charge on any atom is -0.491 e. The van der Waals surface area contributed by atoms with Crippen LogP contribution in [-0.4, -0.2) is 23.0 Å². The molecular formula is C22H27N3O3S. The van der Waals surface area contributed by atoms with Gasteiger partial charge in [-0.15, -0.1) is 0 Å². The zero-order valence-corrected chi connectivity index (χ0v) is 17.8. The largest absolute Gasteiger partial charge is 0.491 e. The highest BCUT2D eigenvalue weighted by molar-refractivity contribution is 7.80. The van der Waals surface area contributed by atoms with Crippen LogP contribution in [0.2, 0.25) is 0 Å². The smallest absolute Gasteiger partial charge is 0.257 e. The fraction of sp³-hybridized carbons (Fsp3) is 0.318. The molecular weight excluding hydrogens is 386 g/mol. The molecule has 3 N–H and O–H groups in total. The summed E-state index contributed by atoms with van der Waals surface area (Å²) in [6, 6.07) is 14.1. The third-order valence-electron chi connectivity index (χ3n) is 4.14. The van der Waals surface area contributed by atoms with E-state index < -0.39 is 0 Å². The van der Waals surface area contributed by atoms with Gasteiger partial charge in [-0.2, -0.15) is 0 Å². The van der Waals surface area contributed by atoms with E-state index in [4.69, 9.17) is 17.0 Å². The summed E-state index contributed by atoms with van der Waals surface area (Å²) in [5.41, 5.74) is 1.88. The van der Waals surface area contributed by atoms with Crippen molar-refractivity contribution in [2.75, 3.05) is 10.6 Å². The first kappa shape index (κ1) is 22.4. The molecule has 1 unspecified atom stereocenters. The lowest BCUT2D eigenvalue weighted by Crippen LogP contribution is -2.34. The number of ether oxygens (including phenoxy) is 1. The number of amides is 2. The Kier molecular flexibility index (Phi) is 8.61. The third-order valence-corrected chi connectivity index (χ3v) is 4.34. The summed E-state index contributed by atoms with van der Waals surface area (Å²) in [6.45, 7) is 5.97. The minimum atomic E-state index is -0.319. The Morgan fingerprint density at radius 1 is 1.03 bits per heavy atom. The van der Waals surface area contributed by atoms with Crippen LogP contribution >= 0.6 is 12.2 Å². The van der Waals surface area contributed by atoms with Crippen LogP contribution in [0.3, 0.4) is 0 Å². The summed E-state index contributed by atoms with van der Waals surface area (Å²) in [5, 5.41) is 8.62. The van der Waals surface area contributed by atoms with Crippen molar-refractivity contribution in [3.05, 3.63) is 54.1 Å². The molecule has 154 valence electrons. The lowest BCUT2D eigenvalue weighted by molar-refractivity contribution is -0.116. The van der Waals surface area contributed by atoms with Crippen LogP contribution in [0, 0.1) is 0 Å². The van der Waals surface area contributed by atoms with Crippen molar-refractivity contribution in [3.8, 4) is 5.75 Å². The standard InChI is InChI=1S/C22H27N3O3S/c1-4-7-20(26)23-17-10-12-18(13-11-17)24-22(29)25-21(27)16-8-6-9-19(14-16)28-15(3)5-2/h6,8-15H,4-5,7H2,1-3H3,(H,23,26)(H2,24,25,27,29). The first-order chi connectivity index (χ1) is 13.9.